The van der Waals surface area contributed by atoms with Crippen molar-refractivity contribution in [3.63, 3.8) is 0 Å². The number of amides is 3. The minimum Gasteiger partial charge on any atom is -0.461 e. The topological polar surface area (TPSA) is 158 Å². The van der Waals surface area contributed by atoms with E-state index in [1.54, 1.807) is 72.8 Å². The second-order valence-corrected chi connectivity index (χ2v) is 11.7. The summed E-state index contributed by atoms with van der Waals surface area (Å²) >= 11 is 0. The third-order valence-electron chi connectivity index (χ3n) is 7.66. The Hall–Kier alpha value is -6.17. The van der Waals surface area contributed by atoms with Crippen molar-refractivity contribution in [3.8, 4) is 0 Å². The number of carbonyl (C=O) groups is 5. The van der Waals surface area contributed by atoms with E-state index in [-0.39, 0.29) is 39.4 Å². The van der Waals surface area contributed by atoms with Crippen LogP contribution >= 0.6 is 0 Å². The molecular weight excluding hydrogens is 666 g/mol. The number of unbranched alkanes of at least 4 members (excludes halogenated alkanes) is 1. The van der Waals surface area contributed by atoms with Gasteiger partial charge in [-0.2, -0.15) is 0 Å². The first-order valence-electron chi connectivity index (χ1n) is 17.0. The van der Waals surface area contributed by atoms with Gasteiger partial charge < -0.3 is 34.9 Å². The van der Waals surface area contributed by atoms with E-state index in [0.717, 1.165) is 16.7 Å². The highest BCUT2D eigenvalue weighted by Gasteiger charge is 2.30. The molecule has 0 radical (unpaired) electrons. The van der Waals surface area contributed by atoms with E-state index in [9.17, 15) is 24.0 Å². The van der Waals surface area contributed by atoms with Crippen molar-refractivity contribution < 1.29 is 42.9 Å². The number of hydrogen-bond acceptors (Lipinski definition) is 9. The standard InChI is InChI=1S/C40H43N3O9/c44-36(49-26-30-15-5-1-6-16-30)25-35(38(46)50-27-31-17-7-2-8-18-31)42-37(45)34(43-40(48)52-29-33-21-11-4-12-22-33)23-13-14-24-41-39(47)51-28-32-19-9-3-10-20-32/h1-12,15-22,34-35H,13-14,23-29H2,(H,41,47)(H,42,45)(H,43,48)/t34-,35+/m1/s1. The Labute approximate surface area is 302 Å². The molecule has 4 rings (SSSR count). The molecule has 3 amide bonds. The van der Waals surface area contributed by atoms with Gasteiger partial charge in [-0.25, -0.2) is 14.4 Å². The average Bonchev–Trinajstić information content (AvgIpc) is 3.18. The molecule has 12 nitrogen and oxygen atoms in total. The first-order chi connectivity index (χ1) is 25.4. The van der Waals surface area contributed by atoms with E-state index in [4.69, 9.17) is 18.9 Å². The van der Waals surface area contributed by atoms with Crippen LogP contribution in [0.25, 0.3) is 0 Å². The van der Waals surface area contributed by atoms with Gasteiger partial charge in [-0.3, -0.25) is 9.59 Å². The molecule has 0 saturated carbocycles. The van der Waals surface area contributed by atoms with Crippen molar-refractivity contribution in [2.24, 2.45) is 0 Å². The van der Waals surface area contributed by atoms with Crippen LogP contribution in [0, 0.1) is 0 Å². The minimum atomic E-state index is -1.41. The molecule has 0 aromatic heterocycles. The van der Waals surface area contributed by atoms with Crippen LogP contribution < -0.4 is 16.0 Å². The van der Waals surface area contributed by atoms with Crippen LogP contribution in [0.15, 0.2) is 121 Å². The third kappa shape index (κ3) is 14.8. The van der Waals surface area contributed by atoms with Gasteiger partial charge in [0.05, 0.1) is 6.42 Å². The summed E-state index contributed by atoms with van der Waals surface area (Å²) in [7, 11) is 0. The van der Waals surface area contributed by atoms with E-state index in [2.05, 4.69) is 16.0 Å². The maximum absolute atomic E-state index is 13.7. The molecule has 0 aliphatic heterocycles. The van der Waals surface area contributed by atoms with E-state index in [1.165, 1.54) is 0 Å². The molecule has 0 aliphatic rings. The predicted molar refractivity (Wildman–Crippen MR) is 191 cm³/mol. The molecular formula is C40H43N3O9. The SMILES string of the molecule is O=C(C[C@H](NC(=O)[C@@H](CCCCNC(=O)OCc1ccccc1)NC(=O)OCc1ccccc1)C(=O)OCc1ccccc1)OCc1ccccc1. The van der Waals surface area contributed by atoms with Crippen LogP contribution in [0.3, 0.4) is 0 Å². The number of esters is 2. The Morgan fingerprint density at radius 2 is 0.923 bits per heavy atom. The Morgan fingerprint density at radius 1 is 0.481 bits per heavy atom. The number of carbonyl (C=O) groups excluding carboxylic acids is 5. The molecule has 0 fully saturated rings. The molecule has 2 atom stereocenters. The van der Waals surface area contributed by atoms with Gasteiger partial charge in [0.25, 0.3) is 0 Å². The maximum atomic E-state index is 13.7. The smallest absolute Gasteiger partial charge is 0.408 e. The van der Waals surface area contributed by atoms with Crippen LogP contribution in [-0.4, -0.2) is 48.7 Å². The van der Waals surface area contributed by atoms with Gasteiger partial charge in [0.1, 0.15) is 38.5 Å². The van der Waals surface area contributed by atoms with Gasteiger partial charge in [-0.15, -0.1) is 0 Å². The number of nitrogens with one attached hydrogen (secondary N) is 3. The maximum Gasteiger partial charge on any atom is 0.408 e. The lowest BCUT2D eigenvalue weighted by Gasteiger charge is -2.22. The largest absolute Gasteiger partial charge is 0.461 e. The number of rotatable bonds is 19. The molecule has 0 saturated heterocycles. The van der Waals surface area contributed by atoms with Crippen LogP contribution in [0.1, 0.15) is 47.9 Å². The number of hydrogen-bond donors (Lipinski definition) is 3. The molecule has 52 heavy (non-hydrogen) atoms. The van der Waals surface area contributed by atoms with Crippen molar-refractivity contribution in [1.82, 2.24) is 16.0 Å². The second-order valence-electron chi connectivity index (χ2n) is 11.7. The fourth-order valence-corrected chi connectivity index (χ4v) is 4.87. The summed E-state index contributed by atoms with van der Waals surface area (Å²) in [4.78, 5) is 64.8. The zero-order valence-electron chi connectivity index (χ0n) is 28.7. The molecule has 272 valence electrons. The summed E-state index contributed by atoms with van der Waals surface area (Å²) in [6, 6.07) is 33.7. The summed E-state index contributed by atoms with van der Waals surface area (Å²) in [5.74, 6) is -2.32. The minimum absolute atomic E-state index is 0.0231. The van der Waals surface area contributed by atoms with Crippen LogP contribution in [0.2, 0.25) is 0 Å². The van der Waals surface area contributed by atoms with Gasteiger partial charge in [0, 0.05) is 6.54 Å². The van der Waals surface area contributed by atoms with Gasteiger partial charge in [0.2, 0.25) is 5.91 Å². The van der Waals surface area contributed by atoms with Crippen molar-refractivity contribution >= 4 is 30.0 Å². The van der Waals surface area contributed by atoms with E-state index < -0.39 is 48.5 Å². The predicted octanol–water partition coefficient (Wildman–Crippen LogP) is 5.74. The average molecular weight is 710 g/mol. The zero-order valence-corrected chi connectivity index (χ0v) is 28.7. The lowest BCUT2D eigenvalue weighted by molar-refractivity contribution is -0.155. The molecule has 12 heteroatoms. The Bertz CT molecular complexity index is 1690. The highest BCUT2D eigenvalue weighted by molar-refractivity contribution is 5.91. The van der Waals surface area contributed by atoms with Crippen molar-refractivity contribution in [2.75, 3.05) is 6.54 Å². The quantitative estimate of drug-likeness (QED) is 0.0627. The van der Waals surface area contributed by atoms with Gasteiger partial charge in [-0.05, 0) is 41.5 Å². The van der Waals surface area contributed by atoms with E-state index in [1.807, 2.05) is 48.5 Å². The highest BCUT2D eigenvalue weighted by atomic mass is 16.6. The molecule has 4 aromatic carbocycles. The summed E-state index contributed by atoms with van der Waals surface area (Å²) in [6.07, 6.45) is -0.991. The normalized spacial score (nSPS) is 11.6. The summed E-state index contributed by atoms with van der Waals surface area (Å²) < 4.78 is 21.4. The van der Waals surface area contributed by atoms with Crippen LogP contribution in [0.4, 0.5) is 9.59 Å². The fourth-order valence-electron chi connectivity index (χ4n) is 4.87. The number of alkyl carbamates (subject to hydrolysis) is 2. The van der Waals surface area contributed by atoms with Crippen molar-refractivity contribution in [2.45, 2.75) is 64.2 Å². The summed E-state index contributed by atoms with van der Waals surface area (Å²) in [6.45, 7) is 0.239. The van der Waals surface area contributed by atoms with Crippen molar-refractivity contribution in [1.29, 1.82) is 0 Å². The fraction of sp³-hybridized carbons (Fsp3) is 0.275. The first kappa shape index (κ1) is 38.6. The van der Waals surface area contributed by atoms with E-state index >= 15 is 0 Å². The molecule has 0 heterocycles. The van der Waals surface area contributed by atoms with Gasteiger partial charge >= 0.3 is 24.1 Å². The summed E-state index contributed by atoms with van der Waals surface area (Å²) in [5.41, 5.74) is 3.06. The second kappa shape index (κ2) is 21.8. The first-order valence-corrected chi connectivity index (χ1v) is 17.0. The summed E-state index contributed by atoms with van der Waals surface area (Å²) in [5, 5.41) is 7.82. The van der Waals surface area contributed by atoms with E-state index in [0.29, 0.717) is 18.4 Å². The molecule has 3 N–H and O–H groups in total. The highest BCUT2D eigenvalue weighted by Crippen LogP contribution is 2.10. The third-order valence-corrected chi connectivity index (χ3v) is 7.66. The molecule has 0 unspecified atom stereocenters. The number of benzene rings is 4. The van der Waals surface area contributed by atoms with Gasteiger partial charge in [-0.1, -0.05) is 121 Å². The van der Waals surface area contributed by atoms with Crippen molar-refractivity contribution in [3.05, 3.63) is 144 Å². The molecule has 0 bridgehead atoms. The lowest BCUT2D eigenvalue weighted by atomic mass is 10.1. The van der Waals surface area contributed by atoms with Crippen LogP contribution in [0.5, 0.6) is 0 Å². The molecule has 0 spiro atoms. The van der Waals surface area contributed by atoms with Gasteiger partial charge in [0.15, 0.2) is 0 Å². The Kier molecular flexibility index (Phi) is 16.2. The molecule has 4 aromatic rings. The lowest BCUT2D eigenvalue weighted by Crippen LogP contribution is -2.52. The molecule has 0 aliphatic carbocycles. The van der Waals surface area contributed by atoms with Crippen LogP contribution in [-0.2, 0) is 59.8 Å². The Balaban J connectivity index is 1.36. The zero-order chi connectivity index (χ0) is 36.8. The Morgan fingerprint density at radius 3 is 1.42 bits per heavy atom. The monoisotopic (exact) mass is 709 g/mol. The number of ether oxygens (including phenoxy) is 4.